The summed E-state index contributed by atoms with van der Waals surface area (Å²) in [7, 11) is 0. The van der Waals surface area contributed by atoms with Crippen molar-refractivity contribution in [2.45, 2.75) is 17.3 Å². The van der Waals surface area contributed by atoms with Crippen LogP contribution in [0.1, 0.15) is 6.92 Å². The Bertz CT molecular complexity index is 1350. The second-order valence-electron chi connectivity index (χ2n) is 7.17. The van der Waals surface area contributed by atoms with E-state index in [2.05, 4.69) is 15.3 Å². The maximum Gasteiger partial charge on any atom is 0.260 e. The Kier molecular flexibility index (Phi) is 5.59. The molecule has 0 fully saturated rings. The van der Waals surface area contributed by atoms with Gasteiger partial charge in [0.25, 0.3) is 5.56 Å². The summed E-state index contributed by atoms with van der Waals surface area (Å²) < 4.78 is 11.1. The molecule has 162 valence electrons. The fraction of sp³-hybridized carbons (Fsp3) is 0.174. The Hall–Kier alpha value is -3.30. The van der Waals surface area contributed by atoms with E-state index in [0.29, 0.717) is 45.8 Å². The van der Waals surface area contributed by atoms with Crippen molar-refractivity contribution in [1.82, 2.24) is 9.97 Å². The molecule has 0 spiro atoms. The Labute approximate surface area is 191 Å². The van der Waals surface area contributed by atoms with Crippen LogP contribution in [0.5, 0.6) is 11.5 Å². The molecule has 0 saturated heterocycles. The average Bonchev–Trinajstić information content (AvgIpc) is 3.24. The molecule has 0 bridgehead atoms. The fourth-order valence-electron chi connectivity index (χ4n) is 3.40. The van der Waals surface area contributed by atoms with E-state index < -0.39 is 5.25 Å². The minimum Gasteiger partial charge on any atom is -0.486 e. The van der Waals surface area contributed by atoms with Gasteiger partial charge in [0.2, 0.25) is 5.91 Å². The zero-order chi connectivity index (χ0) is 22.1. The number of fused-ring (bicyclic) bond motifs is 2. The molecule has 32 heavy (non-hydrogen) atoms. The maximum atomic E-state index is 12.8. The molecule has 2 N–H and O–H groups in total. The van der Waals surface area contributed by atoms with Crippen LogP contribution in [0.15, 0.2) is 63.9 Å². The second kappa shape index (κ2) is 8.68. The molecular formula is C23H19N3O4S2. The highest BCUT2D eigenvalue weighted by molar-refractivity contribution is 8.00. The van der Waals surface area contributed by atoms with E-state index >= 15 is 0 Å². The van der Waals surface area contributed by atoms with E-state index in [1.165, 1.54) is 23.1 Å². The maximum absolute atomic E-state index is 12.8. The molecule has 0 aliphatic carbocycles. The van der Waals surface area contributed by atoms with Crippen LogP contribution in [0.25, 0.3) is 21.3 Å². The number of thioether (sulfide) groups is 1. The Morgan fingerprint density at radius 1 is 1.16 bits per heavy atom. The lowest BCUT2D eigenvalue weighted by Crippen LogP contribution is -2.23. The van der Waals surface area contributed by atoms with Gasteiger partial charge in [-0.25, -0.2) is 4.98 Å². The van der Waals surface area contributed by atoms with Crippen LogP contribution >= 0.6 is 23.1 Å². The predicted octanol–water partition coefficient (Wildman–Crippen LogP) is 4.54. The average molecular weight is 466 g/mol. The number of hydrogen-bond donors (Lipinski definition) is 2. The van der Waals surface area contributed by atoms with Crippen molar-refractivity contribution in [3.8, 4) is 22.6 Å². The SMILES string of the molecule is CC(Sc1nc2scc(-c3ccccc3)c2c(=O)[nH]1)C(=O)Nc1ccc2c(c1)OCCO2. The number of carbonyl (C=O) groups excluding carboxylic acids is 1. The molecule has 1 amide bonds. The van der Waals surface area contributed by atoms with Crippen LogP contribution in [0.4, 0.5) is 5.69 Å². The number of nitrogens with one attached hydrogen (secondary N) is 2. The molecule has 0 radical (unpaired) electrons. The number of aromatic nitrogens is 2. The first-order valence-electron chi connectivity index (χ1n) is 10.0. The summed E-state index contributed by atoms with van der Waals surface area (Å²) in [6, 6.07) is 15.0. The molecule has 2 aromatic carbocycles. The second-order valence-corrected chi connectivity index (χ2v) is 9.36. The molecular weight excluding hydrogens is 446 g/mol. The number of aromatic amines is 1. The standard InChI is InChI=1S/C23H19N3O4S2/c1-13(20(27)24-15-7-8-17-18(11-15)30-10-9-29-17)32-23-25-21(28)19-16(12-31-22(19)26-23)14-5-3-2-4-6-14/h2-8,11-13H,9-10H2,1H3,(H,24,27)(H,25,26,28). The smallest absolute Gasteiger partial charge is 0.260 e. The van der Waals surface area contributed by atoms with Crippen LogP contribution in [-0.2, 0) is 4.79 Å². The number of ether oxygens (including phenoxy) is 2. The highest BCUT2D eigenvalue weighted by atomic mass is 32.2. The molecule has 1 aliphatic heterocycles. The number of amides is 1. The van der Waals surface area contributed by atoms with Gasteiger partial charge in [0, 0.05) is 22.7 Å². The lowest BCUT2D eigenvalue weighted by atomic mass is 10.1. The van der Waals surface area contributed by atoms with Crippen molar-refractivity contribution in [2.75, 3.05) is 18.5 Å². The van der Waals surface area contributed by atoms with Gasteiger partial charge in [-0.15, -0.1) is 11.3 Å². The van der Waals surface area contributed by atoms with Gasteiger partial charge in [-0.1, -0.05) is 42.1 Å². The first-order valence-corrected chi connectivity index (χ1v) is 11.8. The minimum absolute atomic E-state index is 0.203. The van der Waals surface area contributed by atoms with E-state index in [0.717, 1.165) is 11.1 Å². The third-order valence-electron chi connectivity index (χ3n) is 4.97. The third-order valence-corrected chi connectivity index (χ3v) is 6.83. The predicted molar refractivity (Wildman–Crippen MR) is 127 cm³/mol. The van der Waals surface area contributed by atoms with Gasteiger partial charge in [0.1, 0.15) is 18.0 Å². The highest BCUT2D eigenvalue weighted by Gasteiger charge is 2.20. The largest absolute Gasteiger partial charge is 0.486 e. The number of hydrogen-bond acceptors (Lipinski definition) is 7. The molecule has 2 aromatic heterocycles. The van der Waals surface area contributed by atoms with Gasteiger partial charge in [0.05, 0.1) is 10.6 Å². The zero-order valence-electron chi connectivity index (χ0n) is 17.1. The van der Waals surface area contributed by atoms with Crippen molar-refractivity contribution in [3.05, 3.63) is 64.3 Å². The minimum atomic E-state index is -0.475. The van der Waals surface area contributed by atoms with Crippen LogP contribution in [0.2, 0.25) is 0 Å². The molecule has 1 aliphatic rings. The van der Waals surface area contributed by atoms with Crippen molar-refractivity contribution < 1.29 is 14.3 Å². The van der Waals surface area contributed by atoms with Crippen molar-refractivity contribution >= 4 is 44.9 Å². The topological polar surface area (TPSA) is 93.3 Å². The Balaban J connectivity index is 1.33. The quantitative estimate of drug-likeness (QED) is 0.332. The zero-order valence-corrected chi connectivity index (χ0v) is 18.7. The lowest BCUT2D eigenvalue weighted by Gasteiger charge is -2.19. The van der Waals surface area contributed by atoms with Crippen LogP contribution < -0.4 is 20.3 Å². The van der Waals surface area contributed by atoms with Crippen molar-refractivity contribution in [1.29, 1.82) is 0 Å². The van der Waals surface area contributed by atoms with E-state index in [4.69, 9.17) is 9.47 Å². The Morgan fingerprint density at radius 2 is 1.94 bits per heavy atom. The molecule has 0 saturated carbocycles. The molecule has 1 unspecified atom stereocenters. The normalized spacial score (nSPS) is 13.7. The van der Waals surface area contributed by atoms with Crippen LogP contribution in [0, 0.1) is 0 Å². The first-order chi connectivity index (χ1) is 15.6. The molecule has 3 heterocycles. The van der Waals surface area contributed by atoms with Crippen molar-refractivity contribution in [2.24, 2.45) is 0 Å². The number of rotatable bonds is 5. The van der Waals surface area contributed by atoms with E-state index in [-0.39, 0.29) is 11.5 Å². The molecule has 4 aromatic rings. The summed E-state index contributed by atoms with van der Waals surface area (Å²) in [5.41, 5.74) is 2.24. The third kappa shape index (κ3) is 4.09. The molecule has 1 atom stereocenters. The monoisotopic (exact) mass is 465 g/mol. The molecule has 7 nitrogen and oxygen atoms in total. The number of carbonyl (C=O) groups is 1. The van der Waals surface area contributed by atoms with Crippen LogP contribution in [0.3, 0.4) is 0 Å². The summed E-state index contributed by atoms with van der Waals surface area (Å²) >= 11 is 2.62. The number of thiophene rings is 1. The van der Waals surface area contributed by atoms with E-state index in [9.17, 15) is 9.59 Å². The lowest BCUT2D eigenvalue weighted by molar-refractivity contribution is -0.115. The number of nitrogens with zero attached hydrogens (tertiary/aromatic N) is 1. The van der Waals surface area contributed by atoms with E-state index in [1.807, 2.05) is 35.7 Å². The summed E-state index contributed by atoms with van der Waals surface area (Å²) in [4.78, 5) is 33.6. The summed E-state index contributed by atoms with van der Waals surface area (Å²) in [6.45, 7) is 2.76. The van der Waals surface area contributed by atoms with Gasteiger partial charge >= 0.3 is 0 Å². The van der Waals surface area contributed by atoms with Gasteiger partial charge in [-0.05, 0) is 24.6 Å². The Morgan fingerprint density at radius 3 is 2.75 bits per heavy atom. The number of benzene rings is 2. The van der Waals surface area contributed by atoms with Crippen LogP contribution in [-0.4, -0.2) is 34.3 Å². The van der Waals surface area contributed by atoms with E-state index in [1.54, 1.807) is 25.1 Å². The number of anilines is 1. The van der Waals surface area contributed by atoms with Gasteiger partial charge < -0.3 is 19.8 Å². The highest BCUT2D eigenvalue weighted by Crippen LogP contribution is 2.34. The first kappa shape index (κ1) is 20.6. The number of H-pyrrole nitrogens is 1. The summed E-state index contributed by atoms with van der Waals surface area (Å²) in [5.74, 6) is 1.07. The van der Waals surface area contributed by atoms with Crippen molar-refractivity contribution in [3.63, 3.8) is 0 Å². The van der Waals surface area contributed by atoms with Gasteiger partial charge in [-0.3, -0.25) is 9.59 Å². The summed E-state index contributed by atoms with van der Waals surface area (Å²) in [5, 5.41) is 5.32. The summed E-state index contributed by atoms with van der Waals surface area (Å²) in [6.07, 6.45) is 0. The van der Waals surface area contributed by atoms with Gasteiger partial charge in [-0.2, -0.15) is 0 Å². The molecule has 9 heteroatoms. The van der Waals surface area contributed by atoms with Gasteiger partial charge in [0.15, 0.2) is 16.7 Å². The fourth-order valence-corrected chi connectivity index (χ4v) is 5.20. The molecule has 5 rings (SSSR count).